The van der Waals surface area contributed by atoms with Gasteiger partial charge in [0, 0.05) is 37.4 Å². The maximum Gasteiger partial charge on any atom is 0.224 e. The number of aliphatic hydroxyl groups is 1. The second-order valence-electron chi connectivity index (χ2n) is 9.93. The van der Waals surface area contributed by atoms with Crippen LogP contribution < -0.4 is 10.6 Å². The van der Waals surface area contributed by atoms with E-state index in [0.29, 0.717) is 55.3 Å². The van der Waals surface area contributed by atoms with Gasteiger partial charge in [0.15, 0.2) is 17.3 Å². The molecule has 2 atom stereocenters. The molecular weight excluding hydrogens is 461 g/mol. The van der Waals surface area contributed by atoms with Crippen LogP contribution in [0.5, 0.6) is 0 Å². The number of nitrogens with one attached hydrogen (secondary N) is 2. The zero-order valence-electron chi connectivity index (χ0n) is 19.7. The SMILES string of the molecule is CC(C)(O)[C@H]1CC[C@@H](Nc2ncc3nc(Nc4c(F)cc(F)cc4F)n(C4CCOCC4)c3n2)C1. The van der Waals surface area contributed by atoms with Gasteiger partial charge in [0.25, 0.3) is 0 Å². The summed E-state index contributed by atoms with van der Waals surface area (Å²) >= 11 is 0. The molecule has 0 spiro atoms. The molecule has 0 bridgehead atoms. The summed E-state index contributed by atoms with van der Waals surface area (Å²) in [6, 6.07) is 1.31. The van der Waals surface area contributed by atoms with Gasteiger partial charge in [-0.1, -0.05) is 0 Å². The van der Waals surface area contributed by atoms with Crippen LogP contribution in [0, 0.1) is 23.4 Å². The molecule has 1 aromatic carbocycles. The Bertz CT molecular complexity index is 1200. The van der Waals surface area contributed by atoms with Gasteiger partial charge in [0.05, 0.1) is 11.8 Å². The fourth-order valence-corrected chi connectivity index (χ4v) is 5.05. The minimum Gasteiger partial charge on any atom is -0.390 e. The quantitative estimate of drug-likeness (QED) is 0.461. The van der Waals surface area contributed by atoms with Crippen molar-refractivity contribution < 1.29 is 23.0 Å². The Morgan fingerprint density at radius 2 is 1.77 bits per heavy atom. The summed E-state index contributed by atoms with van der Waals surface area (Å²) in [6.45, 7) is 4.74. The van der Waals surface area contributed by atoms with Crippen molar-refractivity contribution in [2.75, 3.05) is 23.8 Å². The van der Waals surface area contributed by atoms with Crippen LogP contribution in [0.3, 0.4) is 0 Å². The number of hydrogen-bond donors (Lipinski definition) is 3. The van der Waals surface area contributed by atoms with Crippen molar-refractivity contribution in [2.24, 2.45) is 5.92 Å². The van der Waals surface area contributed by atoms with Crippen LogP contribution >= 0.6 is 0 Å². The molecule has 1 saturated carbocycles. The predicted octanol–water partition coefficient (Wildman–Crippen LogP) is 4.69. The van der Waals surface area contributed by atoms with Crippen molar-refractivity contribution in [3.05, 3.63) is 35.8 Å². The molecule has 11 heteroatoms. The summed E-state index contributed by atoms with van der Waals surface area (Å²) in [4.78, 5) is 13.6. The van der Waals surface area contributed by atoms with Crippen LogP contribution in [0.25, 0.3) is 11.2 Å². The Hall–Kier alpha value is -2.92. The third kappa shape index (κ3) is 4.92. The zero-order chi connectivity index (χ0) is 24.7. The molecule has 1 aliphatic carbocycles. The standard InChI is InChI=1S/C24H29F3N6O2/c1-24(2,34)13-3-4-15(9-13)29-22-28-12-19-21(32-22)33(16-5-7-35-8-6-16)23(30-19)31-20-17(26)10-14(25)11-18(20)27/h10-13,15-16,34H,3-9H2,1-2H3,(H,30,31)(H,28,29,32)/t13-,15+/m0/s1. The Morgan fingerprint density at radius 1 is 1.06 bits per heavy atom. The molecule has 2 aliphatic rings. The molecule has 3 N–H and O–H groups in total. The summed E-state index contributed by atoms with van der Waals surface area (Å²) in [7, 11) is 0. The van der Waals surface area contributed by atoms with Gasteiger partial charge in [-0.3, -0.25) is 4.57 Å². The predicted molar refractivity (Wildman–Crippen MR) is 125 cm³/mol. The summed E-state index contributed by atoms with van der Waals surface area (Å²) in [5.74, 6) is -2.28. The van der Waals surface area contributed by atoms with E-state index in [0.717, 1.165) is 19.3 Å². The molecule has 0 unspecified atom stereocenters. The highest BCUT2D eigenvalue weighted by Gasteiger charge is 2.35. The topological polar surface area (TPSA) is 97.1 Å². The highest BCUT2D eigenvalue weighted by Crippen LogP contribution is 2.36. The van der Waals surface area contributed by atoms with Crippen LogP contribution in [-0.2, 0) is 4.74 Å². The van der Waals surface area contributed by atoms with Crippen molar-refractivity contribution in [1.29, 1.82) is 0 Å². The van der Waals surface area contributed by atoms with Crippen molar-refractivity contribution in [3.8, 4) is 0 Å². The number of benzene rings is 1. The second kappa shape index (κ2) is 9.27. The maximum atomic E-state index is 14.4. The monoisotopic (exact) mass is 490 g/mol. The highest BCUT2D eigenvalue weighted by molar-refractivity contribution is 5.76. The third-order valence-electron chi connectivity index (χ3n) is 7.00. The Kier molecular flexibility index (Phi) is 6.30. The van der Waals surface area contributed by atoms with E-state index in [1.165, 1.54) is 0 Å². The Labute approximate surface area is 200 Å². The summed E-state index contributed by atoms with van der Waals surface area (Å²) < 4.78 is 49.5. The normalized spacial score (nSPS) is 21.5. The molecule has 1 aliphatic heterocycles. The van der Waals surface area contributed by atoms with Crippen LogP contribution in [-0.4, -0.2) is 49.5 Å². The average molecular weight is 491 g/mol. The van der Waals surface area contributed by atoms with Crippen LogP contribution in [0.2, 0.25) is 0 Å². The van der Waals surface area contributed by atoms with E-state index in [4.69, 9.17) is 9.72 Å². The van der Waals surface area contributed by atoms with E-state index >= 15 is 0 Å². The summed E-state index contributed by atoms with van der Waals surface area (Å²) in [6.07, 6.45) is 5.54. The van der Waals surface area contributed by atoms with Gasteiger partial charge in [-0.2, -0.15) is 4.98 Å². The smallest absolute Gasteiger partial charge is 0.224 e. The number of ether oxygens (including phenoxy) is 1. The number of anilines is 3. The molecule has 188 valence electrons. The molecule has 3 heterocycles. The number of fused-ring (bicyclic) bond motifs is 1. The number of hydrogen-bond acceptors (Lipinski definition) is 7. The van der Waals surface area contributed by atoms with Crippen LogP contribution in [0.1, 0.15) is 52.0 Å². The zero-order valence-corrected chi connectivity index (χ0v) is 19.7. The molecule has 5 rings (SSSR count). The van der Waals surface area contributed by atoms with E-state index in [1.54, 1.807) is 6.20 Å². The minimum atomic E-state index is -1.05. The molecule has 3 aromatic rings. The molecule has 8 nitrogen and oxygen atoms in total. The molecule has 0 radical (unpaired) electrons. The average Bonchev–Trinajstić information content (AvgIpc) is 3.41. The number of halogens is 3. The maximum absolute atomic E-state index is 14.4. The van der Waals surface area contributed by atoms with Crippen LogP contribution in [0.15, 0.2) is 18.3 Å². The highest BCUT2D eigenvalue weighted by atomic mass is 19.1. The molecule has 0 amide bonds. The number of imidazole rings is 1. The first-order valence-electron chi connectivity index (χ1n) is 11.9. The van der Waals surface area contributed by atoms with Crippen molar-refractivity contribution in [2.45, 2.75) is 63.6 Å². The lowest BCUT2D eigenvalue weighted by molar-refractivity contribution is 0.0197. The number of nitrogens with zero attached hydrogens (tertiary/aromatic N) is 4. The molecule has 2 aromatic heterocycles. The van der Waals surface area contributed by atoms with Gasteiger partial charge in [-0.05, 0) is 51.9 Å². The van der Waals surface area contributed by atoms with Gasteiger partial charge in [0.1, 0.15) is 17.0 Å². The van der Waals surface area contributed by atoms with E-state index < -0.39 is 28.7 Å². The van der Waals surface area contributed by atoms with E-state index in [-0.39, 0.29) is 23.9 Å². The fraction of sp³-hybridized carbons (Fsp3) is 0.542. The molecule has 35 heavy (non-hydrogen) atoms. The first kappa shape index (κ1) is 23.8. The Morgan fingerprint density at radius 3 is 2.43 bits per heavy atom. The Balaban J connectivity index is 1.48. The largest absolute Gasteiger partial charge is 0.390 e. The lowest BCUT2D eigenvalue weighted by Gasteiger charge is -2.26. The first-order valence-corrected chi connectivity index (χ1v) is 11.9. The van der Waals surface area contributed by atoms with Crippen LogP contribution in [0.4, 0.5) is 30.8 Å². The number of aromatic nitrogens is 4. The van der Waals surface area contributed by atoms with E-state index in [2.05, 4.69) is 20.6 Å². The number of rotatable bonds is 6. The van der Waals surface area contributed by atoms with Crippen molar-refractivity contribution in [1.82, 2.24) is 19.5 Å². The van der Waals surface area contributed by atoms with Gasteiger partial charge in [0.2, 0.25) is 11.9 Å². The first-order chi connectivity index (χ1) is 16.7. The lowest BCUT2D eigenvalue weighted by atomic mass is 9.90. The molecule has 1 saturated heterocycles. The van der Waals surface area contributed by atoms with Crippen molar-refractivity contribution in [3.63, 3.8) is 0 Å². The lowest BCUT2D eigenvalue weighted by Crippen LogP contribution is -2.30. The third-order valence-corrected chi connectivity index (χ3v) is 7.00. The van der Waals surface area contributed by atoms with Gasteiger partial charge >= 0.3 is 0 Å². The van der Waals surface area contributed by atoms with E-state index in [1.807, 2.05) is 18.4 Å². The summed E-state index contributed by atoms with van der Waals surface area (Å²) in [5, 5.41) is 16.4. The molecular formula is C24H29F3N6O2. The fourth-order valence-electron chi connectivity index (χ4n) is 5.05. The van der Waals surface area contributed by atoms with E-state index in [9.17, 15) is 18.3 Å². The van der Waals surface area contributed by atoms with Gasteiger partial charge < -0.3 is 20.5 Å². The second-order valence-corrected chi connectivity index (χ2v) is 9.93. The van der Waals surface area contributed by atoms with Gasteiger partial charge in [-0.25, -0.2) is 23.1 Å². The minimum absolute atomic E-state index is 0.0587. The summed E-state index contributed by atoms with van der Waals surface area (Å²) in [5.41, 5.74) is -0.232. The van der Waals surface area contributed by atoms with Gasteiger partial charge in [-0.15, -0.1) is 0 Å². The van der Waals surface area contributed by atoms with Crippen molar-refractivity contribution >= 4 is 28.7 Å². The molecule has 2 fully saturated rings.